The highest BCUT2D eigenvalue weighted by molar-refractivity contribution is 9.10. The highest BCUT2D eigenvalue weighted by atomic mass is 79.9. The molecule has 6 aromatic carbocycles. The van der Waals surface area contributed by atoms with Crippen LogP contribution in [-0.4, -0.2) is 123 Å². The third kappa shape index (κ3) is 19.4. The summed E-state index contributed by atoms with van der Waals surface area (Å²) in [4.78, 5) is 87.6. The van der Waals surface area contributed by atoms with Gasteiger partial charge in [0.1, 0.15) is 89.4 Å². The molecule has 25 nitrogen and oxygen atoms in total. The smallest absolute Gasteiger partial charge is 0.338 e. The number of methoxy groups -OCH3 is 3. The zero-order valence-corrected chi connectivity index (χ0v) is 58.7. The van der Waals surface area contributed by atoms with Gasteiger partial charge in [0, 0.05) is 79.8 Å². The first-order valence-corrected chi connectivity index (χ1v) is 32.7. The number of aromatic hydroxyl groups is 1. The molecule has 0 fully saturated rings. The number of carboxylic acids is 1. The minimum Gasteiger partial charge on any atom is -0.506 e. The van der Waals surface area contributed by atoms with Crippen LogP contribution in [0.3, 0.4) is 0 Å². The normalized spacial score (nSPS) is 11.8. The van der Waals surface area contributed by atoms with Crippen LogP contribution < -0.4 is 25.4 Å². The van der Waals surface area contributed by atoms with Crippen molar-refractivity contribution < 1.29 is 97.5 Å². The van der Waals surface area contributed by atoms with E-state index in [0.29, 0.717) is 87.6 Å². The molecule has 5 N–H and O–H groups in total. The van der Waals surface area contributed by atoms with E-state index >= 15 is 0 Å². The summed E-state index contributed by atoms with van der Waals surface area (Å²) in [5.41, 5.74) is 10.2. The molecule has 0 amide bonds. The number of carboxylic acid groups (broad SMARTS) is 1. The lowest BCUT2D eigenvalue weighted by Crippen LogP contribution is -2.20. The summed E-state index contributed by atoms with van der Waals surface area (Å²) < 4.78 is 120. The molecule has 0 atom stereocenters. The molecule has 0 radical (unpaired) electrons. The van der Waals surface area contributed by atoms with E-state index in [0.717, 1.165) is 30.5 Å². The van der Waals surface area contributed by atoms with Crippen LogP contribution in [0.1, 0.15) is 64.6 Å². The fourth-order valence-corrected chi connectivity index (χ4v) is 10.6. The second-order valence-electron chi connectivity index (χ2n) is 22.0. The standard InChI is InChI=1S/C22H15F2N3O4.C14H8BrFN2O3.C14H8ClFN2O3.C9H10FNO.C8H6ClNO3.C6H6FNO/c23-12-3-5-18-17(8-12)27(6-1-7-30-18)20-10-14(22(28)29)15(11-25-20)21-26-16-4-2-13(24)9-19(16)31-21;2*1-20-14(19)8-5-12(15)17-6-9(8)13-18-10-3-2-7(16)4-11(10)21-13;10-7-2-3-9-8(6-7)11-4-1-5-12-9;1-13-8(12)6-2-7(9)10-3-5(6)4-11;7-4-1-2-5(8)6(9)3-4/h2-5,8-11H,1,6-7H2,(H,28,29);2*2-6H,1H3;2-3,6,11H,1,4-5H2;2-4H,1H3;1-3,9H,8H2. The molecule has 107 heavy (non-hydrogen) atoms. The number of benzene rings is 6. The first kappa shape index (κ1) is 76.9. The molecular formula is C73H53BrCl2F6N10O15. The van der Waals surface area contributed by atoms with Gasteiger partial charge in [-0.25, -0.2) is 80.4 Å². The monoisotopic (exact) mass is 1570 g/mol. The third-order valence-electron chi connectivity index (χ3n) is 14.9. The molecule has 0 spiro atoms. The van der Waals surface area contributed by atoms with Crippen molar-refractivity contribution >= 4 is 125 Å². The van der Waals surface area contributed by atoms with Gasteiger partial charge in [0.05, 0.1) is 90.5 Å². The molecule has 548 valence electrons. The summed E-state index contributed by atoms with van der Waals surface area (Å²) in [6.45, 7) is 2.45. The number of esters is 3. The Balaban J connectivity index is 0.000000144. The number of nitrogens with two attached hydrogens (primary N) is 1. The van der Waals surface area contributed by atoms with Gasteiger partial charge >= 0.3 is 23.9 Å². The number of carbonyl (C=O) groups is 5. The molecule has 7 aromatic heterocycles. The van der Waals surface area contributed by atoms with Crippen molar-refractivity contribution in [2.45, 2.75) is 12.8 Å². The van der Waals surface area contributed by atoms with Crippen molar-refractivity contribution in [3.8, 4) is 51.6 Å². The molecule has 0 bridgehead atoms. The largest absolute Gasteiger partial charge is 0.506 e. The van der Waals surface area contributed by atoms with Gasteiger partial charge in [-0.2, -0.15) is 0 Å². The Morgan fingerprint density at radius 1 is 0.542 bits per heavy atom. The van der Waals surface area contributed by atoms with Gasteiger partial charge in [0.15, 0.2) is 23.0 Å². The maximum Gasteiger partial charge on any atom is 0.338 e. The number of oxazole rings is 3. The van der Waals surface area contributed by atoms with Crippen molar-refractivity contribution in [2.24, 2.45) is 0 Å². The molecule has 9 heterocycles. The molecule has 0 saturated heterocycles. The molecule has 0 aliphatic carbocycles. The number of pyridine rings is 4. The number of ether oxygens (including phenoxy) is 5. The number of aromatic carboxylic acids is 1. The van der Waals surface area contributed by atoms with Crippen LogP contribution in [-0.2, 0) is 14.2 Å². The maximum atomic E-state index is 13.9. The van der Waals surface area contributed by atoms with Crippen molar-refractivity contribution in [3.63, 3.8) is 0 Å². The number of hydrogen-bond acceptors (Lipinski definition) is 24. The summed E-state index contributed by atoms with van der Waals surface area (Å²) in [5.74, 6) is -3.79. The highest BCUT2D eigenvalue weighted by Crippen LogP contribution is 2.39. The minimum atomic E-state index is -1.21. The third-order valence-corrected chi connectivity index (χ3v) is 15.8. The zero-order valence-electron chi connectivity index (χ0n) is 55.6. The number of phenolic OH excluding ortho intramolecular Hbond substituents is 1. The summed E-state index contributed by atoms with van der Waals surface area (Å²) in [7, 11) is 3.76. The van der Waals surface area contributed by atoms with Gasteiger partial charge in [0.25, 0.3) is 0 Å². The average Bonchev–Trinajstić information content (AvgIpc) is 1.72. The van der Waals surface area contributed by atoms with Crippen molar-refractivity contribution in [1.29, 1.82) is 0 Å². The van der Waals surface area contributed by atoms with E-state index in [1.165, 1.54) is 167 Å². The Morgan fingerprint density at radius 2 is 0.991 bits per heavy atom. The number of aldehydes is 1. The van der Waals surface area contributed by atoms with Crippen LogP contribution >= 0.6 is 39.1 Å². The number of nitrogens with one attached hydrogen (secondary N) is 1. The molecule has 34 heteroatoms. The van der Waals surface area contributed by atoms with E-state index in [2.05, 4.69) is 60.9 Å². The number of aromatic nitrogens is 7. The van der Waals surface area contributed by atoms with Crippen LogP contribution in [0, 0.1) is 34.9 Å². The second-order valence-corrected chi connectivity index (χ2v) is 23.6. The Labute approximate surface area is 618 Å². The van der Waals surface area contributed by atoms with Gasteiger partial charge in [-0.3, -0.25) is 4.79 Å². The lowest BCUT2D eigenvalue weighted by molar-refractivity contribution is 0.0591. The molecule has 2 aliphatic heterocycles. The predicted octanol–water partition coefficient (Wildman–Crippen LogP) is 16.3. The number of halogens is 9. The van der Waals surface area contributed by atoms with E-state index in [1.54, 1.807) is 11.0 Å². The van der Waals surface area contributed by atoms with Crippen LogP contribution in [0.15, 0.2) is 176 Å². The Hall–Kier alpha value is -12.7. The van der Waals surface area contributed by atoms with E-state index in [4.69, 9.17) is 66.2 Å². The zero-order chi connectivity index (χ0) is 76.6. The quantitative estimate of drug-likeness (QED) is 0.0198. The van der Waals surface area contributed by atoms with Gasteiger partial charge < -0.3 is 63.1 Å². The number of carbonyl (C=O) groups excluding carboxylic acids is 4. The van der Waals surface area contributed by atoms with E-state index < -0.39 is 53.0 Å². The molecule has 0 saturated carbocycles. The predicted molar refractivity (Wildman–Crippen MR) is 381 cm³/mol. The Kier molecular flexibility index (Phi) is 25.3. The molecule has 0 unspecified atom stereocenters. The number of hydrogen-bond donors (Lipinski definition) is 4. The van der Waals surface area contributed by atoms with E-state index in [9.17, 15) is 55.4 Å². The molecule has 15 rings (SSSR count). The number of rotatable bonds is 9. The summed E-state index contributed by atoms with van der Waals surface area (Å²) in [6, 6.07) is 29.6. The van der Waals surface area contributed by atoms with Crippen LogP contribution in [0.5, 0.6) is 17.2 Å². The van der Waals surface area contributed by atoms with Crippen LogP contribution in [0.2, 0.25) is 10.3 Å². The summed E-state index contributed by atoms with van der Waals surface area (Å²) in [5, 5.41) is 21.9. The molecular weight excluding hydrogens is 1520 g/mol. The lowest BCUT2D eigenvalue weighted by atomic mass is 10.1. The fraction of sp³-hybridized carbons (Fsp3) is 0.123. The number of nitrogens with zero attached hydrogens (tertiary/aromatic N) is 8. The fourth-order valence-electron chi connectivity index (χ4n) is 9.91. The van der Waals surface area contributed by atoms with Crippen molar-refractivity contribution in [2.75, 3.05) is 63.6 Å². The number of anilines is 4. The van der Waals surface area contributed by atoms with E-state index in [1.807, 2.05) is 0 Å². The van der Waals surface area contributed by atoms with Crippen LogP contribution in [0.4, 0.5) is 49.2 Å². The Bertz CT molecular complexity index is 5340. The number of fused-ring (bicyclic) bond motifs is 5. The van der Waals surface area contributed by atoms with Crippen LogP contribution in [0.25, 0.3) is 67.7 Å². The lowest BCUT2D eigenvalue weighted by Gasteiger charge is -2.23. The van der Waals surface area contributed by atoms with Gasteiger partial charge in [-0.15, -0.1) is 0 Å². The molecule has 13 aromatic rings. The van der Waals surface area contributed by atoms with Gasteiger partial charge in [-0.1, -0.05) is 23.2 Å². The summed E-state index contributed by atoms with van der Waals surface area (Å²) in [6.07, 6.45) is 7.48. The number of nitrogen functional groups attached to an aromatic ring is 1. The first-order valence-electron chi connectivity index (χ1n) is 31.1. The molecule has 2 aliphatic rings. The van der Waals surface area contributed by atoms with Gasteiger partial charge in [0.2, 0.25) is 17.7 Å². The SMILES string of the molecule is COC(=O)c1cc(Br)ncc1-c1nc2ccc(F)cc2o1.COC(=O)c1cc(Cl)ncc1-c1nc2ccc(F)cc2o1.COC(=O)c1cc(Cl)ncc1C=O.Fc1ccc2c(c1)NCCCO2.Nc1ccc(F)cc1O.O=C(O)c1cc(N2CCCOc3ccc(F)cc32)ncc1-c1nc2ccc(F)cc2o1. The van der Waals surface area contributed by atoms with Crippen molar-refractivity contribution in [1.82, 2.24) is 34.9 Å². The number of phenols is 1. The highest BCUT2D eigenvalue weighted by Gasteiger charge is 2.26. The first-order chi connectivity index (χ1) is 51.4. The maximum absolute atomic E-state index is 13.9. The average molecular weight is 1580 g/mol. The summed E-state index contributed by atoms with van der Waals surface area (Å²) >= 11 is 14.5. The topological polar surface area (TPSA) is 343 Å². The Morgan fingerprint density at radius 3 is 1.53 bits per heavy atom. The van der Waals surface area contributed by atoms with Crippen molar-refractivity contribution in [3.05, 3.63) is 236 Å². The minimum absolute atomic E-state index is 0.0164. The van der Waals surface area contributed by atoms with E-state index in [-0.39, 0.29) is 89.8 Å². The van der Waals surface area contributed by atoms with Gasteiger partial charge in [-0.05, 0) is 126 Å². The second kappa shape index (κ2) is 35.2.